The molecule has 9 heteroatoms. The third-order valence-corrected chi connectivity index (χ3v) is 7.96. The summed E-state index contributed by atoms with van der Waals surface area (Å²) < 4.78 is 38.9. The van der Waals surface area contributed by atoms with Crippen LogP contribution in [-0.2, 0) is 22.8 Å². The first-order chi connectivity index (χ1) is 16.0. The average Bonchev–Trinajstić information content (AvgIpc) is 2.81. The maximum Gasteiger partial charge on any atom is 0.500 e. The number of unbranched alkanes of at least 4 members (excludes halogenated alkanes) is 3. The molecule has 0 unspecified atom stereocenters. The van der Waals surface area contributed by atoms with Gasteiger partial charge in [0.1, 0.15) is 0 Å². The van der Waals surface area contributed by atoms with E-state index >= 15 is 0 Å². The predicted molar refractivity (Wildman–Crippen MR) is 130 cm³/mol. The van der Waals surface area contributed by atoms with E-state index in [1.165, 1.54) is 6.08 Å². The molecule has 1 aromatic rings. The largest absolute Gasteiger partial charge is 0.500 e. The Balaban J connectivity index is 2.41. The number of carbonyl (C=O) groups is 1. The van der Waals surface area contributed by atoms with Gasteiger partial charge in [-0.25, -0.2) is 4.79 Å². The monoisotopic (exact) mass is 484 g/mol. The molecule has 0 saturated heterocycles. The number of rotatable bonds is 18. The fourth-order valence-electron chi connectivity index (χ4n) is 3.38. The normalized spacial score (nSPS) is 11.6. The minimum absolute atomic E-state index is 0.378. The maximum absolute atomic E-state index is 12.0. The van der Waals surface area contributed by atoms with Crippen LogP contribution in [-0.4, -0.2) is 62.5 Å². The zero-order chi connectivity index (χ0) is 24.5. The summed E-state index contributed by atoms with van der Waals surface area (Å²) in [4.78, 5) is 12.0. The van der Waals surface area contributed by atoms with Crippen LogP contribution in [0.2, 0.25) is 6.04 Å². The molecule has 0 heterocycles. The van der Waals surface area contributed by atoms with Crippen LogP contribution in [0.4, 0.5) is 0 Å². The van der Waals surface area contributed by atoms with Crippen molar-refractivity contribution in [3.8, 4) is 17.2 Å². The van der Waals surface area contributed by atoms with Crippen LogP contribution in [0.5, 0.6) is 17.2 Å². The summed E-state index contributed by atoms with van der Waals surface area (Å²) in [6, 6.07) is 4.34. The summed E-state index contributed by atoms with van der Waals surface area (Å²) in [6.45, 7) is 8.03. The van der Waals surface area contributed by atoms with Gasteiger partial charge in [0.05, 0.1) is 27.9 Å². The number of hydrogen-bond acceptors (Lipinski definition) is 8. The van der Waals surface area contributed by atoms with Crippen LogP contribution in [0.15, 0.2) is 18.2 Å². The molecule has 0 amide bonds. The van der Waals surface area contributed by atoms with Crippen LogP contribution in [0, 0.1) is 0 Å². The summed E-state index contributed by atoms with van der Waals surface area (Å²) in [7, 11) is 2.07. The SMILES string of the molecule is CCO[Si](CCCCCCOC(=O)/C=C/c1cc(OC)c(OC)c(OC)c1)(OCC)OCC. The highest BCUT2D eigenvalue weighted by atomic mass is 28.4. The van der Waals surface area contributed by atoms with Crippen molar-refractivity contribution in [1.82, 2.24) is 0 Å². The molecule has 0 aliphatic carbocycles. The number of ether oxygens (including phenoxy) is 4. The van der Waals surface area contributed by atoms with Crippen molar-refractivity contribution in [2.45, 2.75) is 52.5 Å². The predicted octanol–water partition coefficient (Wildman–Crippen LogP) is 4.88. The molecule has 188 valence electrons. The van der Waals surface area contributed by atoms with Crippen molar-refractivity contribution < 1.29 is 37.0 Å². The lowest BCUT2D eigenvalue weighted by atomic mass is 10.1. The fraction of sp³-hybridized carbons (Fsp3) is 0.625. The summed E-state index contributed by atoms with van der Waals surface area (Å²) in [6.07, 6.45) is 6.77. The van der Waals surface area contributed by atoms with Crippen molar-refractivity contribution in [3.05, 3.63) is 23.8 Å². The molecule has 0 aliphatic heterocycles. The van der Waals surface area contributed by atoms with Crippen LogP contribution in [0.1, 0.15) is 52.0 Å². The number of benzene rings is 1. The summed E-state index contributed by atoms with van der Waals surface area (Å²) in [5, 5.41) is 0. The van der Waals surface area contributed by atoms with Gasteiger partial charge in [-0.2, -0.15) is 0 Å². The van der Waals surface area contributed by atoms with E-state index in [1.807, 2.05) is 20.8 Å². The van der Waals surface area contributed by atoms with Gasteiger partial charge in [-0.3, -0.25) is 0 Å². The molecular weight excluding hydrogens is 444 g/mol. The first-order valence-electron chi connectivity index (χ1n) is 11.6. The Labute approximate surface area is 199 Å². The summed E-state index contributed by atoms with van der Waals surface area (Å²) in [5.41, 5.74) is 0.743. The van der Waals surface area contributed by atoms with E-state index in [0.29, 0.717) is 43.7 Å². The van der Waals surface area contributed by atoms with E-state index in [0.717, 1.165) is 37.3 Å². The smallest absolute Gasteiger partial charge is 0.493 e. The second kappa shape index (κ2) is 16.5. The van der Waals surface area contributed by atoms with Crippen molar-refractivity contribution in [2.24, 2.45) is 0 Å². The van der Waals surface area contributed by atoms with Gasteiger partial charge >= 0.3 is 14.8 Å². The van der Waals surface area contributed by atoms with E-state index in [4.69, 9.17) is 32.2 Å². The molecule has 0 fully saturated rings. The van der Waals surface area contributed by atoms with Crippen molar-refractivity contribution >= 4 is 20.8 Å². The van der Waals surface area contributed by atoms with Gasteiger partial charge in [-0.15, -0.1) is 0 Å². The minimum atomic E-state index is -2.57. The van der Waals surface area contributed by atoms with Gasteiger partial charge in [0.15, 0.2) is 11.5 Å². The molecule has 0 aliphatic rings. The molecule has 0 radical (unpaired) electrons. The molecule has 33 heavy (non-hydrogen) atoms. The highest BCUT2D eigenvalue weighted by Gasteiger charge is 2.39. The van der Waals surface area contributed by atoms with E-state index in [-0.39, 0.29) is 5.97 Å². The molecular formula is C24H40O8Si. The Kier molecular flexibility index (Phi) is 14.5. The van der Waals surface area contributed by atoms with Crippen LogP contribution in [0.3, 0.4) is 0 Å². The lowest BCUT2D eigenvalue weighted by Gasteiger charge is -2.28. The van der Waals surface area contributed by atoms with Crippen molar-refractivity contribution in [3.63, 3.8) is 0 Å². The standard InChI is InChI=1S/C24H40O8Si/c1-7-30-33(31-8-2,32-9-3)17-13-11-10-12-16-29-23(25)15-14-20-18-21(26-4)24(28-6)22(19-20)27-5/h14-15,18-19H,7-13,16-17H2,1-6H3/b15-14+. The van der Waals surface area contributed by atoms with E-state index < -0.39 is 8.80 Å². The zero-order valence-corrected chi connectivity index (χ0v) is 21.9. The van der Waals surface area contributed by atoms with Crippen molar-refractivity contribution in [2.75, 3.05) is 47.8 Å². The molecule has 0 bridgehead atoms. The highest BCUT2D eigenvalue weighted by Crippen LogP contribution is 2.38. The Morgan fingerprint density at radius 2 is 1.36 bits per heavy atom. The van der Waals surface area contributed by atoms with E-state index in [9.17, 15) is 4.79 Å². The van der Waals surface area contributed by atoms with Gasteiger partial charge in [-0.05, 0) is 57.4 Å². The number of esters is 1. The van der Waals surface area contributed by atoms with Gasteiger partial charge in [-0.1, -0.05) is 12.8 Å². The summed E-state index contributed by atoms with van der Waals surface area (Å²) in [5.74, 6) is 1.16. The Hall–Kier alpha value is -2.07. The van der Waals surface area contributed by atoms with Gasteiger partial charge in [0.25, 0.3) is 0 Å². The van der Waals surface area contributed by atoms with Crippen LogP contribution < -0.4 is 14.2 Å². The number of hydrogen-bond donors (Lipinski definition) is 0. The molecule has 0 N–H and O–H groups in total. The lowest BCUT2D eigenvalue weighted by molar-refractivity contribution is -0.137. The molecule has 0 atom stereocenters. The molecule has 0 saturated carbocycles. The van der Waals surface area contributed by atoms with E-state index in [1.54, 1.807) is 39.5 Å². The molecule has 0 spiro atoms. The van der Waals surface area contributed by atoms with Gasteiger partial charge < -0.3 is 32.2 Å². The third kappa shape index (κ3) is 10.2. The van der Waals surface area contributed by atoms with Gasteiger partial charge in [0, 0.05) is 31.9 Å². The molecule has 1 rings (SSSR count). The third-order valence-electron chi connectivity index (χ3n) is 4.81. The number of methoxy groups -OCH3 is 3. The fourth-order valence-corrected chi connectivity index (χ4v) is 6.07. The van der Waals surface area contributed by atoms with Crippen LogP contribution >= 0.6 is 0 Å². The first kappa shape index (κ1) is 29.0. The molecule has 0 aromatic heterocycles. The lowest BCUT2D eigenvalue weighted by Crippen LogP contribution is -2.45. The molecule has 1 aromatic carbocycles. The zero-order valence-electron chi connectivity index (χ0n) is 20.9. The highest BCUT2D eigenvalue weighted by molar-refractivity contribution is 6.60. The Bertz CT molecular complexity index is 680. The maximum atomic E-state index is 12.0. The van der Waals surface area contributed by atoms with Crippen molar-refractivity contribution in [1.29, 1.82) is 0 Å². The Morgan fingerprint density at radius 1 is 0.818 bits per heavy atom. The topological polar surface area (TPSA) is 81.7 Å². The number of carbonyl (C=O) groups excluding carboxylic acids is 1. The second-order valence-electron chi connectivity index (χ2n) is 7.11. The molecule has 8 nitrogen and oxygen atoms in total. The van der Waals surface area contributed by atoms with Gasteiger partial charge in [0.2, 0.25) is 5.75 Å². The first-order valence-corrected chi connectivity index (χ1v) is 13.5. The minimum Gasteiger partial charge on any atom is -0.493 e. The second-order valence-corrected chi connectivity index (χ2v) is 9.84. The quantitative estimate of drug-likeness (QED) is 0.126. The van der Waals surface area contributed by atoms with Crippen LogP contribution in [0.25, 0.3) is 6.08 Å². The summed E-state index contributed by atoms with van der Waals surface area (Å²) >= 11 is 0. The average molecular weight is 485 g/mol. The Morgan fingerprint density at radius 3 is 1.85 bits per heavy atom. The van der Waals surface area contributed by atoms with E-state index in [2.05, 4.69) is 0 Å².